The van der Waals surface area contributed by atoms with Gasteiger partial charge in [-0.25, -0.2) is 0 Å². The van der Waals surface area contributed by atoms with Crippen LogP contribution in [0.5, 0.6) is 0 Å². The van der Waals surface area contributed by atoms with Crippen LogP contribution in [0.25, 0.3) is 6.08 Å². The van der Waals surface area contributed by atoms with Crippen LogP contribution >= 0.6 is 0 Å². The summed E-state index contributed by atoms with van der Waals surface area (Å²) < 4.78 is 6.39. The molecule has 0 amide bonds. The fourth-order valence-electron chi connectivity index (χ4n) is 5.89. The van der Waals surface area contributed by atoms with E-state index in [1.807, 2.05) is 0 Å². The van der Waals surface area contributed by atoms with E-state index in [-0.39, 0.29) is 5.60 Å². The van der Waals surface area contributed by atoms with Crippen molar-refractivity contribution < 1.29 is 4.74 Å². The van der Waals surface area contributed by atoms with Gasteiger partial charge >= 0.3 is 0 Å². The van der Waals surface area contributed by atoms with E-state index in [0.29, 0.717) is 17.3 Å². The molecule has 0 N–H and O–H groups in total. The highest BCUT2D eigenvalue weighted by molar-refractivity contribution is 5.65. The zero-order valence-corrected chi connectivity index (χ0v) is 13.2. The van der Waals surface area contributed by atoms with Gasteiger partial charge in [0.1, 0.15) is 0 Å². The van der Waals surface area contributed by atoms with Gasteiger partial charge in [0.05, 0.1) is 12.2 Å². The van der Waals surface area contributed by atoms with E-state index < -0.39 is 0 Å². The number of benzene rings is 1. The van der Waals surface area contributed by atoms with Gasteiger partial charge in [-0.15, -0.1) is 0 Å². The minimum Gasteiger partial charge on any atom is -0.374 e. The van der Waals surface area contributed by atoms with Gasteiger partial charge in [0, 0.05) is 11.8 Å². The Bertz CT molecular complexity index is 656. The van der Waals surface area contributed by atoms with Crippen LogP contribution in [0.4, 0.5) is 0 Å². The number of ether oxygens (including phenoxy) is 1. The molecule has 1 nitrogen and oxygen atoms in total. The summed E-state index contributed by atoms with van der Waals surface area (Å²) in [6, 6.07) is 8.98. The molecule has 0 radical (unpaired) electrons. The molecule has 110 valence electrons. The zero-order chi connectivity index (χ0) is 14.4. The Kier molecular flexibility index (Phi) is 2.15. The van der Waals surface area contributed by atoms with Crippen LogP contribution in [0.3, 0.4) is 0 Å². The van der Waals surface area contributed by atoms with E-state index in [2.05, 4.69) is 51.1 Å². The highest BCUT2D eigenvalue weighted by Crippen LogP contribution is 2.71. The predicted molar refractivity (Wildman–Crippen MR) is 85.0 cm³/mol. The first-order valence-corrected chi connectivity index (χ1v) is 8.47. The Balaban J connectivity index is 1.73. The van der Waals surface area contributed by atoms with E-state index in [4.69, 9.17) is 4.74 Å². The lowest BCUT2D eigenvalue weighted by Crippen LogP contribution is -2.36. The maximum absolute atomic E-state index is 6.39. The van der Waals surface area contributed by atoms with Crippen LogP contribution < -0.4 is 0 Å². The van der Waals surface area contributed by atoms with Crippen LogP contribution in [0, 0.1) is 23.2 Å². The van der Waals surface area contributed by atoms with E-state index in [9.17, 15) is 0 Å². The Morgan fingerprint density at radius 3 is 2.76 bits per heavy atom. The second-order valence-corrected chi connectivity index (χ2v) is 8.43. The first-order chi connectivity index (χ1) is 10.0. The molecule has 3 fully saturated rings. The second kappa shape index (κ2) is 3.63. The minimum atomic E-state index is 0.0769. The number of rotatable bonds is 0. The Morgan fingerprint density at radius 2 is 1.90 bits per heavy atom. The Morgan fingerprint density at radius 1 is 1.10 bits per heavy atom. The first-order valence-electron chi connectivity index (χ1n) is 8.47. The maximum Gasteiger partial charge on any atom is 0.0726 e. The third-order valence-electron chi connectivity index (χ3n) is 7.09. The van der Waals surface area contributed by atoms with Crippen molar-refractivity contribution in [3.05, 3.63) is 41.0 Å². The lowest BCUT2D eigenvalue weighted by molar-refractivity contribution is -0.00636. The smallest absolute Gasteiger partial charge is 0.0726 e. The maximum atomic E-state index is 6.39. The largest absolute Gasteiger partial charge is 0.374 e. The van der Waals surface area contributed by atoms with Crippen molar-refractivity contribution in [2.24, 2.45) is 23.2 Å². The number of fused-ring (bicyclic) bond motifs is 4. The molecular formula is C20H24O. The topological polar surface area (TPSA) is 9.23 Å². The summed E-state index contributed by atoms with van der Waals surface area (Å²) in [5, 5.41) is 0. The van der Waals surface area contributed by atoms with Crippen molar-refractivity contribution in [3.63, 3.8) is 0 Å². The molecule has 1 heterocycles. The van der Waals surface area contributed by atoms with Crippen LogP contribution in [0.2, 0.25) is 0 Å². The zero-order valence-electron chi connectivity index (χ0n) is 13.2. The van der Waals surface area contributed by atoms with Crippen LogP contribution in [-0.2, 0) is 4.74 Å². The van der Waals surface area contributed by atoms with E-state index >= 15 is 0 Å². The average molecular weight is 280 g/mol. The highest BCUT2D eigenvalue weighted by atomic mass is 16.5. The van der Waals surface area contributed by atoms with E-state index in [1.165, 1.54) is 24.0 Å². The molecule has 21 heavy (non-hydrogen) atoms. The third kappa shape index (κ3) is 1.41. The van der Waals surface area contributed by atoms with Crippen LogP contribution in [0.15, 0.2) is 29.8 Å². The SMILES string of the molecule is CC1(C)[C@@H]2CC[C@]3(C)OC[C@@H]4c5ccccc5C=C([C@H]43)[C@@H]21. The van der Waals surface area contributed by atoms with Gasteiger partial charge in [-0.3, -0.25) is 0 Å². The van der Waals surface area contributed by atoms with Gasteiger partial charge in [0.2, 0.25) is 0 Å². The summed E-state index contributed by atoms with van der Waals surface area (Å²) in [7, 11) is 0. The lowest BCUT2D eigenvalue weighted by atomic mass is 9.67. The fraction of sp³-hybridized carbons (Fsp3) is 0.600. The second-order valence-electron chi connectivity index (χ2n) is 8.43. The van der Waals surface area contributed by atoms with Gasteiger partial charge in [-0.1, -0.05) is 49.8 Å². The summed E-state index contributed by atoms with van der Waals surface area (Å²) >= 11 is 0. The summed E-state index contributed by atoms with van der Waals surface area (Å²) in [6.45, 7) is 8.22. The highest BCUT2D eigenvalue weighted by Gasteiger charge is 2.66. The van der Waals surface area contributed by atoms with Crippen LogP contribution in [-0.4, -0.2) is 12.2 Å². The number of hydrogen-bond acceptors (Lipinski definition) is 1. The minimum absolute atomic E-state index is 0.0769. The normalized spacial score (nSPS) is 45.0. The fourth-order valence-corrected chi connectivity index (χ4v) is 5.89. The first kappa shape index (κ1) is 12.5. The van der Waals surface area contributed by atoms with Crippen molar-refractivity contribution in [3.8, 4) is 0 Å². The van der Waals surface area contributed by atoms with Gasteiger partial charge < -0.3 is 4.74 Å². The quantitative estimate of drug-likeness (QED) is 0.673. The molecule has 0 aromatic heterocycles. The monoisotopic (exact) mass is 280 g/mol. The molecule has 0 bridgehead atoms. The van der Waals surface area contributed by atoms with E-state index in [0.717, 1.165) is 18.4 Å². The molecule has 4 aliphatic rings. The van der Waals surface area contributed by atoms with Gasteiger partial charge in [0.25, 0.3) is 0 Å². The summed E-state index contributed by atoms with van der Waals surface area (Å²) in [4.78, 5) is 0. The molecule has 5 atom stereocenters. The molecule has 2 saturated carbocycles. The van der Waals surface area contributed by atoms with Crippen LogP contribution in [0.1, 0.15) is 50.7 Å². The van der Waals surface area contributed by atoms with Crippen molar-refractivity contribution in [2.45, 2.75) is 45.1 Å². The van der Waals surface area contributed by atoms with Crippen molar-refractivity contribution in [1.29, 1.82) is 0 Å². The predicted octanol–water partition coefficient (Wildman–Crippen LogP) is 4.64. The van der Waals surface area contributed by atoms with Gasteiger partial charge in [-0.2, -0.15) is 0 Å². The molecule has 3 aliphatic carbocycles. The molecule has 0 unspecified atom stereocenters. The Hall–Kier alpha value is -1.08. The van der Waals surface area contributed by atoms with Crippen molar-refractivity contribution >= 4 is 6.08 Å². The molecule has 1 aromatic rings. The average Bonchev–Trinajstić information content (AvgIpc) is 2.89. The molecule has 1 aliphatic heterocycles. The summed E-state index contributed by atoms with van der Waals surface area (Å²) in [5.41, 5.74) is 5.27. The van der Waals surface area contributed by atoms with E-state index in [1.54, 1.807) is 5.57 Å². The molecule has 0 spiro atoms. The molecule has 1 saturated heterocycles. The van der Waals surface area contributed by atoms with Gasteiger partial charge in [0.15, 0.2) is 0 Å². The molecule has 1 heteroatoms. The molecular weight excluding hydrogens is 256 g/mol. The Labute approximate surface area is 127 Å². The third-order valence-corrected chi connectivity index (χ3v) is 7.09. The van der Waals surface area contributed by atoms with Crippen molar-refractivity contribution in [2.75, 3.05) is 6.61 Å². The summed E-state index contributed by atoms with van der Waals surface area (Å²) in [5.74, 6) is 2.87. The van der Waals surface area contributed by atoms with Crippen molar-refractivity contribution in [1.82, 2.24) is 0 Å². The molecule has 1 aromatic carbocycles. The number of hydrogen-bond donors (Lipinski definition) is 0. The standard InChI is InChI=1S/C20H24O/c1-19(2)16-8-9-20(3)17-14(18(16)19)10-12-6-4-5-7-13(12)15(17)11-21-20/h4-7,10,15-18H,8-9,11H2,1-3H3/t15-,16-,17-,18+,20+/m1/s1. The summed E-state index contributed by atoms with van der Waals surface area (Å²) in [6.07, 6.45) is 5.10. The van der Waals surface area contributed by atoms with Gasteiger partial charge in [-0.05, 0) is 48.1 Å². The lowest BCUT2D eigenvalue weighted by Gasteiger charge is -2.37. The molecule has 5 rings (SSSR count).